The maximum atomic E-state index is 13.3. The summed E-state index contributed by atoms with van der Waals surface area (Å²) in [6.07, 6.45) is 0. The van der Waals surface area contributed by atoms with Crippen molar-refractivity contribution in [2.75, 3.05) is 25.1 Å². The molecule has 0 aliphatic rings. The molecule has 0 fully saturated rings. The zero-order chi connectivity index (χ0) is 23.1. The van der Waals surface area contributed by atoms with Crippen LogP contribution < -0.4 is 19.1 Å². The van der Waals surface area contributed by atoms with E-state index in [0.29, 0.717) is 11.5 Å². The van der Waals surface area contributed by atoms with Gasteiger partial charge >= 0.3 is 0 Å². The van der Waals surface area contributed by atoms with E-state index in [9.17, 15) is 17.6 Å². The minimum Gasteiger partial charge on any atom is -0.497 e. The molecule has 168 valence electrons. The maximum absolute atomic E-state index is 13.3. The van der Waals surface area contributed by atoms with Crippen LogP contribution in [0.3, 0.4) is 0 Å². The lowest BCUT2D eigenvalue weighted by Crippen LogP contribution is -2.40. The first-order valence-corrected chi connectivity index (χ1v) is 11.1. The van der Waals surface area contributed by atoms with Crippen molar-refractivity contribution in [2.45, 2.75) is 11.4 Å². The molecule has 0 aliphatic heterocycles. The van der Waals surface area contributed by atoms with E-state index < -0.39 is 28.3 Å². The Hall–Kier alpha value is -3.59. The van der Waals surface area contributed by atoms with Gasteiger partial charge in [-0.1, -0.05) is 18.2 Å². The minimum absolute atomic E-state index is 0.132. The van der Waals surface area contributed by atoms with Crippen LogP contribution in [0.1, 0.15) is 5.56 Å². The van der Waals surface area contributed by atoms with Crippen LogP contribution in [-0.2, 0) is 21.4 Å². The molecule has 0 radical (unpaired) electrons. The number of ether oxygens (including phenoxy) is 2. The molecule has 3 aromatic carbocycles. The number of methoxy groups -OCH3 is 2. The second-order valence-corrected chi connectivity index (χ2v) is 8.61. The van der Waals surface area contributed by atoms with Crippen molar-refractivity contribution in [3.63, 3.8) is 0 Å². The van der Waals surface area contributed by atoms with Gasteiger partial charge in [0, 0.05) is 12.1 Å². The topological polar surface area (TPSA) is 84.9 Å². The minimum atomic E-state index is -4.14. The molecule has 7 nitrogen and oxygen atoms in total. The number of halogens is 1. The summed E-state index contributed by atoms with van der Waals surface area (Å²) in [5, 5.41) is 2.72. The predicted octanol–water partition coefficient (Wildman–Crippen LogP) is 3.35. The van der Waals surface area contributed by atoms with E-state index in [0.717, 1.165) is 34.1 Å². The first kappa shape index (κ1) is 23.1. The van der Waals surface area contributed by atoms with Crippen molar-refractivity contribution in [2.24, 2.45) is 0 Å². The Morgan fingerprint density at radius 2 is 1.59 bits per heavy atom. The highest BCUT2D eigenvalue weighted by atomic mass is 32.2. The standard InChI is InChI=1S/C23H23FN2O5S/c1-30-20-11-9-19(10-12-20)26(32(28,29)21-13-7-18(24)8-14-21)16-23(27)25-15-17-5-3-4-6-22(17)31-2/h3-14H,15-16H2,1-2H3,(H,25,27). The van der Waals surface area contributed by atoms with Crippen LogP contribution >= 0.6 is 0 Å². The van der Waals surface area contributed by atoms with Gasteiger partial charge in [0.25, 0.3) is 10.0 Å². The molecule has 0 heterocycles. The fourth-order valence-electron chi connectivity index (χ4n) is 3.03. The highest BCUT2D eigenvalue weighted by Crippen LogP contribution is 2.26. The summed E-state index contributed by atoms with van der Waals surface area (Å²) in [5.74, 6) is 0.0687. The summed E-state index contributed by atoms with van der Waals surface area (Å²) in [5.41, 5.74) is 1.02. The number of carbonyl (C=O) groups excluding carboxylic acids is 1. The molecule has 0 bridgehead atoms. The molecule has 0 aliphatic carbocycles. The number of sulfonamides is 1. The number of anilines is 1. The zero-order valence-electron chi connectivity index (χ0n) is 17.6. The van der Waals surface area contributed by atoms with Gasteiger partial charge in [-0.3, -0.25) is 9.10 Å². The maximum Gasteiger partial charge on any atom is 0.264 e. The molecule has 3 aromatic rings. The molecule has 0 saturated heterocycles. The number of hydrogen-bond acceptors (Lipinski definition) is 5. The van der Waals surface area contributed by atoms with Gasteiger partial charge in [0.2, 0.25) is 5.91 Å². The molecule has 3 rings (SSSR count). The number of nitrogens with zero attached hydrogens (tertiary/aromatic N) is 1. The van der Waals surface area contributed by atoms with E-state index in [4.69, 9.17) is 9.47 Å². The van der Waals surface area contributed by atoms with Crippen LogP contribution in [0.15, 0.2) is 77.7 Å². The predicted molar refractivity (Wildman–Crippen MR) is 119 cm³/mol. The van der Waals surface area contributed by atoms with Crippen LogP contribution in [0.5, 0.6) is 11.5 Å². The molecule has 0 unspecified atom stereocenters. The highest BCUT2D eigenvalue weighted by molar-refractivity contribution is 7.92. The lowest BCUT2D eigenvalue weighted by atomic mass is 10.2. The van der Waals surface area contributed by atoms with Crippen LogP contribution in [0, 0.1) is 5.82 Å². The number of nitrogens with one attached hydrogen (secondary N) is 1. The Balaban J connectivity index is 1.86. The number of amides is 1. The Kier molecular flexibility index (Phi) is 7.32. The van der Waals surface area contributed by atoms with Crippen molar-refractivity contribution in [3.8, 4) is 11.5 Å². The van der Waals surface area contributed by atoms with E-state index in [2.05, 4.69) is 5.32 Å². The van der Waals surface area contributed by atoms with Crippen molar-refractivity contribution in [1.29, 1.82) is 0 Å². The van der Waals surface area contributed by atoms with Gasteiger partial charge in [0.05, 0.1) is 24.8 Å². The molecule has 9 heteroatoms. The molecular weight excluding hydrogens is 435 g/mol. The number of rotatable bonds is 9. The molecule has 0 saturated carbocycles. The molecule has 32 heavy (non-hydrogen) atoms. The molecule has 0 atom stereocenters. The molecule has 0 spiro atoms. The Morgan fingerprint density at radius 1 is 0.938 bits per heavy atom. The van der Waals surface area contributed by atoms with Crippen molar-refractivity contribution < 1.29 is 27.1 Å². The number of para-hydroxylation sites is 1. The lowest BCUT2D eigenvalue weighted by Gasteiger charge is -2.24. The second-order valence-electron chi connectivity index (χ2n) is 6.75. The average molecular weight is 459 g/mol. The monoisotopic (exact) mass is 458 g/mol. The third kappa shape index (κ3) is 5.36. The summed E-state index contributed by atoms with van der Waals surface area (Å²) < 4.78 is 51.2. The van der Waals surface area contributed by atoms with Gasteiger partial charge in [0.15, 0.2) is 0 Å². The van der Waals surface area contributed by atoms with Crippen LogP contribution in [0.2, 0.25) is 0 Å². The first-order chi connectivity index (χ1) is 15.3. The van der Waals surface area contributed by atoms with Crippen molar-refractivity contribution in [3.05, 3.63) is 84.2 Å². The molecule has 0 aromatic heterocycles. The Labute approximate surface area is 186 Å². The van der Waals surface area contributed by atoms with E-state index in [1.807, 2.05) is 12.1 Å². The highest BCUT2D eigenvalue weighted by Gasteiger charge is 2.27. The second kappa shape index (κ2) is 10.1. The van der Waals surface area contributed by atoms with Gasteiger partial charge in [0.1, 0.15) is 23.9 Å². The quantitative estimate of drug-likeness (QED) is 0.532. The molecule has 1 amide bonds. The van der Waals surface area contributed by atoms with Gasteiger partial charge < -0.3 is 14.8 Å². The van der Waals surface area contributed by atoms with Gasteiger partial charge in [-0.25, -0.2) is 12.8 Å². The molecular formula is C23H23FN2O5S. The Bertz CT molecular complexity index is 1170. The van der Waals surface area contributed by atoms with E-state index in [1.54, 1.807) is 24.3 Å². The first-order valence-electron chi connectivity index (χ1n) is 9.66. The number of benzene rings is 3. The van der Waals surface area contributed by atoms with Crippen molar-refractivity contribution in [1.82, 2.24) is 5.32 Å². The van der Waals surface area contributed by atoms with Gasteiger partial charge in [-0.15, -0.1) is 0 Å². The largest absolute Gasteiger partial charge is 0.497 e. The number of carbonyl (C=O) groups is 1. The third-order valence-corrected chi connectivity index (χ3v) is 6.51. The fourth-order valence-corrected chi connectivity index (χ4v) is 4.45. The normalized spacial score (nSPS) is 11.0. The fraction of sp³-hybridized carbons (Fsp3) is 0.174. The van der Waals surface area contributed by atoms with Crippen LogP contribution in [0.4, 0.5) is 10.1 Å². The van der Waals surface area contributed by atoms with Crippen LogP contribution in [0.25, 0.3) is 0 Å². The lowest BCUT2D eigenvalue weighted by molar-refractivity contribution is -0.119. The van der Waals surface area contributed by atoms with E-state index in [1.165, 1.54) is 26.4 Å². The Morgan fingerprint density at radius 3 is 2.22 bits per heavy atom. The van der Waals surface area contributed by atoms with Crippen molar-refractivity contribution >= 4 is 21.6 Å². The molecule has 1 N–H and O–H groups in total. The van der Waals surface area contributed by atoms with Crippen LogP contribution in [-0.4, -0.2) is 35.1 Å². The summed E-state index contributed by atoms with van der Waals surface area (Å²) in [4.78, 5) is 12.6. The summed E-state index contributed by atoms with van der Waals surface area (Å²) in [6.45, 7) is -0.308. The summed E-state index contributed by atoms with van der Waals surface area (Å²) >= 11 is 0. The van der Waals surface area contributed by atoms with E-state index >= 15 is 0 Å². The zero-order valence-corrected chi connectivity index (χ0v) is 18.4. The smallest absolute Gasteiger partial charge is 0.264 e. The van der Waals surface area contributed by atoms with Gasteiger partial charge in [-0.05, 0) is 54.6 Å². The SMILES string of the molecule is COc1ccc(N(CC(=O)NCc2ccccc2OC)S(=O)(=O)c2ccc(F)cc2)cc1. The van der Waals surface area contributed by atoms with Gasteiger partial charge in [-0.2, -0.15) is 0 Å². The average Bonchev–Trinajstić information content (AvgIpc) is 2.81. The summed E-state index contributed by atoms with van der Waals surface area (Å²) in [7, 11) is -1.12. The summed E-state index contributed by atoms with van der Waals surface area (Å²) in [6, 6.07) is 17.9. The third-order valence-electron chi connectivity index (χ3n) is 4.72. The number of hydrogen-bond donors (Lipinski definition) is 1. The van der Waals surface area contributed by atoms with E-state index in [-0.39, 0.29) is 17.1 Å².